The summed E-state index contributed by atoms with van der Waals surface area (Å²) in [6, 6.07) is 10.3. The zero-order chi connectivity index (χ0) is 10.4. The Balaban J connectivity index is 2.31. The van der Waals surface area contributed by atoms with E-state index in [4.69, 9.17) is 12.2 Å². The zero-order valence-electron chi connectivity index (χ0n) is 8.79. The van der Waals surface area contributed by atoms with Crippen molar-refractivity contribution in [3.63, 3.8) is 0 Å². The van der Waals surface area contributed by atoms with Gasteiger partial charge in [-0.1, -0.05) is 56.4 Å². The van der Waals surface area contributed by atoms with E-state index in [1.807, 2.05) is 18.2 Å². The average molecular weight is 207 g/mol. The average Bonchev–Trinajstić information content (AvgIpc) is 2.15. The summed E-state index contributed by atoms with van der Waals surface area (Å²) in [5.41, 5.74) is 1.28. The van der Waals surface area contributed by atoms with Gasteiger partial charge in [-0.15, -0.1) is 0 Å². The molecule has 0 unspecified atom stereocenters. The lowest BCUT2D eigenvalue weighted by atomic mass is 10.1. The molecule has 0 saturated heterocycles. The molecule has 0 aromatic heterocycles. The molecule has 14 heavy (non-hydrogen) atoms. The highest BCUT2D eigenvalue weighted by Crippen LogP contribution is 2.02. The number of rotatable bonds is 4. The summed E-state index contributed by atoms with van der Waals surface area (Å²) >= 11 is 5.22. The lowest BCUT2D eigenvalue weighted by Crippen LogP contribution is -2.21. The molecule has 0 heterocycles. The molecule has 0 aliphatic rings. The van der Waals surface area contributed by atoms with Crippen molar-refractivity contribution in [2.45, 2.75) is 26.8 Å². The molecule has 1 nitrogen and oxygen atoms in total. The lowest BCUT2D eigenvalue weighted by Gasteiger charge is -2.09. The Morgan fingerprint density at radius 1 is 1.29 bits per heavy atom. The van der Waals surface area contributed by atoms with Crippen LogP contribution < -0.4 is 5.32 Å². The van der Waals surface area contributed by atoms with Gasteiger partial charge in [0.25, 0.3) is 0 Å². The van der Waals surface area contributed by atoms with Crippen LogP contribution in [0.3, 0.4) is 0 Å². The van der Waals surface area contributed by atoms with E-state index < -0.39 is 0 Å². The summed E-state index contributed by atoms with van der Waals surface area (Å²) in [5.74, 6) is 0.630. The predicted molar refractivity (Wildman–Crippen MR) is 65.3 cm³/mol. The zero-order valence-corrected chi connectivity index (χ0v) is 9.60. The van der Waals surface area contributed by atoms with Crippen LogP contribution in [0.2, 0.25) is 0 Å². The van der Waals surface area contributed by atoms with Crippen LogP contribution in [0, 0.1) is 5.92 Å². The molecule has 0 aliphatic carbocycles. The summed E-state index contributed by atoms with van der Waals surface area (Å²) < 4.78 is 0. The standard InChI is InChI=1S/C12H17NS/c1-10(2)8-12(14)13-9-11-6-4-3-5-7-11/h3-7,10H,8-9H2,1-2H3,(H,13,14). The molecule has 76 valence electrons. The largest absolute Gasteiger partial charge is 0.376 e. The summed E-state index contributed by atoms with van der Waals surface area (Å²) in [7, 11) is 0. The predicted octanol–water partition coefficient (Wildman–Crippen LogP) is 3.15. The quantitative estimate of drug-likeness (QED) is 0.761. The lowest BCUT2D eigenvalue weighted by molar-refractivity contribution is 0.673. The first kappa shape index (κ1) is 11.2. The fraction of sp³-hybridized carbons (Fsp3) is 0.417. The molecule has 1 aromatic rings. The van der Waals surface area contributed by atoms with Gasteiger partial charge in [-0.2, -0.15) is 0 Å². The fourth-order valence-corrected chi connectivity index (χ4v) is 1.64. The Bertz CT molecular complexity index is 280. The maximum atomic E-state index is 5.22. The maximum absolute atomic E-state index is 5.22. The van der Waals surface area contributed by atoms with Gasteiger partial charge in [-0.3, -0.25) is 0 Å². The molecular formula is C12H17NS. The molecule has 1 aromatic carbocycles. The van der Waals surface area contributed by atoms with Crippen molar-refractivity contribution in [2.75, 3.05) is 0 Å². The monoisotopic (exact) mass is 207 g/mol. The van der Waals surface area contributed by atoms with E-state index in [-0.39, 0.29) is 0 Å². The first-order valence-corrected chi connectivity index (χ1v) is 5.40. The second-order valence-electron chi connectivity index (χ2n) is 3.86. The third-order valence-corrected chi connectivity index (χ3v) is 2.24. The fourth-order valence-electron chi connectivity index (χ4n) is 1.24. The maximum Gasteiger partial charge on any atom is 0.0758 e. The summed E-state index contributed by atoms with van der Waals surface area (Å²) in [5, 5.41) is 3.26. The minimum atomic E-state index is 0.630. The highest BCUT2D eigenvalue weighted by Gasteiger charge is 1.99. The van der Waals surface area contributed by atoms with E-state index in [1.165, 1.54) is 5.56 Å². The Labute approximate surface area is 91.5 Å². The molecule has 0 amide bonds. The van der Waals surface area contributed by atoms with E-state index >= 15 is 0 Å². The van der Waals surface area contributed by atoms with Crippen LogP contribution in [0.4, 0.5) is 0 Å². The number of nitrogens with one attached hydrogen (secondary N) is 1. The van der Waals surface area contributed by atoms with Gasteiger partial charge < -0.3 is 5.32 Å². The minimum Gasteiger partial charge on any atom is -0.376 e. The SMILES string of the molecule is CC(C)CC(=S)NCc1ccccc1. The summed E-state index contributed by atoms with van der Waals surface area (Å²) in [6.45, 7) is 5.19. The highest BCUT2D eigenvalue weighted by molar-refractivity contribution is 7.80. The van der Waals surface area contributed by atoms with Crippen LogP contribution in [0.25, 0.3) is 0 Å². The molecule has 0 atom stereocenters. The van der Waals surface area contributed by atoms with Crippen LogP contribution >= 0.6 is 12.2 Å². The normalized spacial score (nSPS) is 10.2. The van der Waals surface area contributed by atoms with Crippen molar-refractivity contribution >= 4 is 17.2 Å². The summed E-state index contributed by atoms with van der Waals surface area (Å²) in [4.78, 5) is 0.962. The smallest absolute Gasteiger partial charge is 0.0758 e. The Hall–Kier alpha value is -0.890. The summed E-state index contributed by atoms with van der Waals surface area (Å²) in [6.07, 6.45) is 0.974. The minimum absolute atomic E-state index is 0.630. The van der Waals surface area contributed by atoms with Crippen molar-refractivity contribution in [2.24, 2.45) is 5.92 Å². The topological polar surface area (TPSA) is 12.0 Å². The molecule has 0 spiro atoms. The van der Waals surface area contributed by atoms with Gasteiger partial charge in [-0.05, 0) is 11.5 Å². The van der Waals surface area contributed by atoms with Crippen LogP contribution in [0.5, 0.6) is 0 Å². The van der Waals surface area contributed by atoms with Crippen molar-refractivity contribution in [3.8, 4) is 0 Å². The van der Waals surface area contributed by atoms with E-state index in [0.29, 0.717) is 5.92 Å². The van der Waals surface area contributed by atoms with Crippen LogP contribution in [-0.2, 0) is 6.54 Å². The van der Waals surface area contributed by atoms with Crippen molar-refractivity contribution in [1.29, 1.82) is 0 Å². The molecule has 2 heteroatoms. The number of hydrogen-bond donors (Lipinski definition) is 1. The van der Waals surface area contributed by atoms with E-state index in [1.54, 1.807) is 0 Å². The number of benzene rings is 1. The number of thiocarbonyl (C=S) groups is 1. The van der Waals surface area contributed by atoms with Crippen LogP contribution in [0.1, 0.15) is 25.8 Å². The van der Waals surface area contributed by atoms with Crippen LogP contribution in [0.15, 0.2) is 30.3 Å². The van der Waals surface area contributed by atoms with Crippen molar-refractivity contribution < 1.29 is 0 Å². The Morgan fingerprint density at radius 2 is 1.93 bits per heavy atom. The molecule has 1 N–H and O–H groups in total. The Morgan fingerprint density at radius 3 is 2.50 bits per heavy atom. The highest BCUT2D eigenvalue weighted by atomic mass is 32.1. The molecular weight excluding hydrogens is 190 g/mol. The molecule has 0 bridgehead atoms. The molecule has 0 fully saturated rings. The van der Waals surface area contributed by atoms with E-state index in [0.717, 1.165) is 18.0 Å². The van der Waals surface area contributed by atoms with Gasteiger partial charge in [0.15, 0.2) is 0 Å². The van der Waals surface area contributed by atoms with Gasteiger partial charge in [-0.25, -0.2) is 0 Å². The third-order valence-electron chi connectivity index (χ3n) is 1.93. The van der Waals surface area contributed by atoms with E-state index in [2.05, 4.69) is 31.3 Å². The molecule has 0 saturated carbocycles. The molecule has 1 rings (SSSR count). The van der Waals surface area contributed by atoms with Crippen molar-refractivity contribution in [1.82, 2.24) is 5.32 Å². The third kappa shape index (κ3) is 4.38. The molecule has 0 radical (unpaired) electrons. The van der Waals surface area contributed by atoms with Gasteiger partial charge >= 0.3 is 0 Å². The second kappa shape index (κ2) is 5.76. The van der Waals surface area contributed by atoms with Gasteiger partial charge in [0.05, 0.1) is 4.99 Å². The van der Waals surface area contributed by atoms with Gasteiger partial charge in [0, 0.05) is 13.0 Å². The number of hydrogen-bond acceptors (Lipinski definition) is 1. The molecule has 0 aliphatic heterocycles. The van der Waals surface area contributed by atoms with Crippen LogP contribution in [-0.4, -0.2) is 4.99 Å². The van der Waals surface area contributed by atoms with Gasteiger partial charge in [0.1, 0.15) is 0 Å². The van der Waals surface area contributed by atoms with Crippen molar-refractivity contribution in [3.05, 3.63) is 35.9 Å². The second-order valence-corrected chi connectivity index (χ2v) is 4.35. The first-order valence-electron chi connectivity index (χ1n) is 4.99. The Kier molecular flexibility index (Phi) is 4.60. The van der Waals surface area contributed by atoms with Gasteiger partial charge in [0.2, 0.25) is 0 Å². The van der Waals surface area contributed by atoms with E-state index in [9.17, 15) is 0 Å². The first-order chi connectivity index (χ1) is 6.68.